The second-order valence-electron chi connectivity index (χ2n) is 14.4. The summed E-state index contributed by atoms with van der Waals surface area (Å²) in [4.78, 5) is 33.1. The lowest BCUT2D eigenvalue weighted by atomic mass is 9.80. The van der Waals surface area contributed by atoms with Crippen LogP contribution in [0.4, 0.5) is 5.69 Å². The van der Waals surface area contributed by atoms with Crippen molar-refractivity contribution < 1.29 is 14.6 Å². The van der Waals surface area contributed by atoms with E-state index in [2.05, 4.69) is 77.1 Å². The van der Waals surface area contributed by atoms with Crippen molar-refractivity contribution >= 4 is 24.6 Å². The van der Waals surface area contributed by atoms with E-state index in [4.69, 9.17) is 0 Å². The van der Waals surface area contributed by atoms with E-state index in [9.17, 15) is 14.6 Å². The molecule has 8 heteroatoms. The van der Waals surface area contributed by atoms with Crippen LogP contribution in [0.15, 0.2) is 54.6 Å². The number of anilines is 1. The fourth-order valence-corrected chi connectivity index (χ4v) is 6.29. The van der Waals surface area contributed by atoms with Gasteiger partial charge >= 0.3 is 7.05 Å². The summed E-state index contributed by atoms with van der Waals surface area (Å²) < 4.78 is 0. The van der Waals surface area contributed by atoms with Gasteiger partial charge in [0.1, 0.15) is 0 Å². The Morgan fingerprint density at radius 3 is 2.05 bits per heavy atom. The molecular formula is C34H51BN4O3. The van der Waals surface area contributed by atoms with E-state index in [0.29, 0.717) is 18.9 Å². The maximum absolute atomic E-state index is 13.8. The van der Waals surface area contributed by atoms with E-state index in [1.54, 1.807) is 0 Å². The molecule has 0 aliphatic carbocycles. The van der Waals surface area contributed by atoms with Gasteiger partial charge in [-0.15, -0.1) is 0 Å². The second kappa shape index (κ2) is 13.3. The Labute approximate surface area is 253 Å². The lowest BCUT2D eigenvalue weighted by Gasteiger charge is -2.50. The number of nitrogens with zero attached hydrogens (tertiary/aromatic N) is 3. The molecular weight excluding hydrogens is 523 g/mol. The number of hydrogen-bond acceptors (Lipinski definition) is 5. The molecule has 1 unspecified atom stereocenters. The number of rotatable bonds is 7. The summed E-state index contributed by atoms with van der Waals surface area (Å²) in [6, 6.07) is 19.0. The molecule has 2 N–H and O–H groups in total. The Hall–Kier alpha value is -2.68. The fourth-order valence-electron chi connectivity index (χ4n) is 6.29. The summed E-state index contributed by atoms with van der Waals surface area (Å²) in [5.41, 5.74) is 2.66. The summed E-state index contributed by atoms with van der Waals surface area (Å²) in [7, 11) is -0.420. The molecule has 0 saturated carbocycles. The van der Waals surface area contributed by atoms with Crippen molar-refractivity contribution in [1.82, 2.24) is 14.6 Å². The molecule has 2 heterocycles. The first-order valence-corrected chi connectivity index (χ1v) is 15.7. The number of amides is 2. The molecule has 228 valence electrons. The summed E-state index contributed by atoms with van der Waals surface area (Å²) >= 11 is 0. The van der Waals surface area contributed by atoms with Gasteiger partial charge in [0.2, 0.25) is 11.8 Å². The Kier molecular flexibility index (Phi) is 10.2. The molecule has 0 aromatic heterocycles. The van der Waals surface area contributed by atoms with Gasteiger partial charge in [-0.2, -0.15) is 0 Å². The van der Waals surface area contributed by atoms with Crippen molar-refractivity contribution in [3.8, 4) is 0 Å². The van der Waals surface area contributed by atoms with Crippen LogP contribution >= 0.6 is 0 Å². The van der Waals surface area contributed by atoms with Crippen LogP contribution in [-0.4, -0.2) is 77.3 Å². The molecule has 0 bridgehead atoms. The van der Waals surface area contributed by atoms with E-state index in [1.807, 2.05) is 45.8 Å². The van der Waals surface area contributed by atoms with Crippen LogP contribution in [0.1, 0.15) is 78.0 Å². The minimum Gasteiger partial charge on any atom is -0.437 e. The molecule has 2 aromatic rings. The minimum absolute atomic E-state index is 0.00262. The van der Waals surface area contributed by atoms with Gasteiger partial charge in [0.15, 0.2) is 0 Å². The Morgan fingerprint density at radius 2 is 1.50 bits per heavy atom. The van der Waals surface area contributed by atoms with Crippen molar-refractivity contribution in [3.63, 3.8) is 0 Å². The molecule has 7 nitrogen and oxygen atoms in total. The number of carbonyl (C=O) groups is 2. The molecule has 2 saturated heterocycles. The van der Waals surface area contributed by atoms with E-state index in [1.165, 1.54) is 11.1 Å². The first kappa shape index (κ1) is 32.2. The zero-order valence-corrected chi connectivity index (χ0v) is 26.8. The molecule has 2 aromatic carbocycles. The first-order chi connectivity index (χ1) is 19.7. The van der Waals surface area contributed by atoms with Crippen LogP contribution in [0.5, 0.6) is 0 Å². The minimum atomic E-state index is -0.459. The normalized spacial score (nSPS) is 20.3. The summed E-state index contributed by atoms with van der Waals surface area (Å²) in [5, 5.41) is 13.0. The van der Waals surface area contributed by atoms with Crippen LogP contribution < -0.4 is 5.32 Å². The van der Waals surface area contributed by atoms with Gasteiger partial charge in [0, 0.05) is 43.2 Å². The quantitative estimate of drug-likeness (QED) is 0.426. The van der Waals surface area contributed by atoms with Crippen LogP contribution in [0.25, 0.3) is 0 Å². The topological polar surface area (TPSA) is 76.1 Å². The second-order valence-corrected chi connectivity index (χ2v) is 14.4. The lowest BCUT2D eigenvalue weighted by Crippen LogP contribution is -2.60. The highest BCUT2D eigenvalue weighted by Gasteiger charge is 2.41. The predicted molar refractivity (Wildman–Crippen MR) is 172 cm³/mol. The van der Waals surface area contributed by atoms with Crippen molar-refractivity contribution in [2.75, 3.05) is 38.0 Å². The number of nitrogens with one attached hydrogen (secondary N) is 1. The molecule has 0 radical (unpaired) electrons. The summed E-state index contributed by atoms with van der Waals surface area (Å²) in [5.74, 6) is 0.637. The van der Waals surface area contributed by atoms with Gasteiger partial charge in [-0.05, 0) is 67.3 Å². The average Bonchev–Trinajstić information content (AvgIpc) is 2.94. The van der Waals surface area contributed by atoms with Crippen molar-refractivity contribution in [3.05, 3.63) is 65.7 Å². The van der Waals surface area contributed by atoms with E-state index >= 15 is 0 Å². The molecule has 2 fully saturated rings. The van der Waals surface area contributed by atoms with Gasteiger partial charge in [-0.1, -0.05) is 84.0 Å². The molecule has 4 rings (SSSR count). The predicted octanol–water partition coefficient (Wildman–Crippen LogP) is 5.53. The number of benzene rings is 2. The van der Waals surface area contributed by atoms with Gasteiger partial charge in [-0.3, -0.25) is 14.5 Å². The van der Waals surface area contributed by atoms with Crippen molar-refractivity contribution in [2.45, 2.75) is 79.7 Å². The van der Waals surface area contributed by atoms with Crippen LogP contribution in [0, 0.1) is 16.7 Å². The van der Waals surface area contributed by atoms with Gasteiger partial charge in [-0.25, -0.2) is 0 Å². The number of carbonyl (C=O) groups excluding carboxylic acids is 2. The SMILES string of the molecule is CB(O)N1CCC(CC(=O)N2CCN(C(c3ccccc3)c3ccc(NC(=O)C(C)(C)C)cc3)C[C@@H]2C(C)(C)C)CC1. The Morgan fingerprint density at radius 1 is 0.905 bits per heavy atom. The van der Waals surface area contributed by atoms with E-state index in [0.717, 1.165) is 44.7 Å². The van der Waals surface area contributed by atoms with Gasteiger partial charge in [0.25, 0.3) is 0 Å². The monoisotopic (exact) mass is 574 g/mol. The highest BCUT2D eigenvalue weighted by Crippen LogP contribution is 2.36. The van der Waals surface area contributed by atoms with Gasteiger partial charge < -0.3 is 20.1 Å². The maximum atomic E-state index is 13.8. The lowest BCUT2D eigenvalue weighted by molar-refractivity contribution is -0.141. The summed E-state index contributed by atoms with van der Waals surface area (Å²) in [6.45, 7) is 18.3. The van der Waals surface area contributed by atoms with Gasteiger partial charge in [0.05, 0.1) is 6.04 Å². The third-order valence-electron chi connectivity index (χ3n) is 9.02. The van der Waals surface area contributed by atoms with E-state index < -0.39 is 12.5 Å². The van der Waals surface area contributed by atoms with E-state index in [-0.39, 0.29) is 29.3 Å². The van der Waals surface area contributed by atoms with Crippen molar-refractivity contribution in [1.29, 1.82) is 0 Å². The molecule has 0 spiro atoms. The highest BCUT2D eigenvalue weighted by molar-refractivity contribution is 6.45. The standard InChI is InChI=1S/C34H51BN4O3/c1-33(2,3)29-24-37(21-22-39(29)30(40)23-25-17-19-38(20-18-25)35(7)42)31(26-11-9-8-10-12-26)27-13-15-28(16-14-27)36-32(41)34(4,5)6/h8-16,25,29,31,42H,17-24H2,1-7H3,(H,36,41)/t29-,31?/m1/s1. The largest absolute Gasteiger partial charge is 0.437 e. The van der Waals surface area contributed by atoms with Crippen molar-refractivity contribution in [2.24, 2.45) is 16.7 Å². The fraction of sp³-hybridized carbons (Fsp3) is 0.588. The van der Waals surface area contributed by atoms with Crippen LogP contribution in [0.3, 0.4) is 0 Å². The first-order valence-electron chi connectivity index (χ1n) is 15.7. The Balaban J connectivity index is 1.52. The third kappa shape index (κ3) is 8.03. The third-order valence-corrected chi connectivity index (χ3v) is 9.02. The maximum Gasteiger partial charge on any atom is 0.376 e. The molecule has 42 heavy (non-hydrogen) atoms. The highest BCUT2D eigenvalue weighted by atomic mass is 16.2. The molecule has 2 amide bonds. The van der Waals surface area contributed by atoms with Crippen LogP contribution in [0.2, 0.25) is 6.82 Å². The number of hydrogen-bond donors (Lipinski definition) is 2. The molecule has 2 aliphatic heterocycles. The average molecular weight is 575 g/mol. The van der Waals surface area contributed by atoms with Crippen LogP contribution in [-0.2, 0) is 9.59 Å². The zero-order valence-electron chi connectivity index (χ0n) is 26.8. The summed E-state index contributed by atoms with van der Waals surface area (Å²) in [6.07, 6.45) is 2.50. The Bertz CT molecular complexity index is 1180. The number of piperidine rings is 1. The molecule has 2 aliphatic rings. The zero-order chi connectivity index (χ0) is 30.7. The smallest absolute Gasteiger partial charge is 0.376 e. The molecule has 2 atom stereocenters. The number of piperazine rings is 1.